The lowest BCUT2D eigenvalue weighted by atomic mass is 9.31. The second-order valence-electron chi connectivity index (χ2n) is 21.3. The van der Waals surface area contributed by atoms with Crippen molar-refractivity contribution < 1.29 is 24.2 Å². The lowest BCUT2D eigenvalue weighted by Crippen LogP contribution is -2.73. The lowest BCUT2D eigenvalue weighted by molar-refractivity contribution is -0.236. The summed E-state index contributed by atoms with van der Waals surface area (Å²) in [6.07, 6.45) is 19.7. The van der Waals surface area contributed by atoms with Crippen LogP contribution < -0.4 is 11.1 Å². The van der Waals surface area contributed by atoms with Gasteiger partial charge in [-0.05, 0) is 137 Å². The molecule has 6 rings (SSSR count). The standard InChI is InChI=1S/C47H71ClN2O5/c1-28(2)31-15-22-46(23-19-37(51)50-30(4)32-13-12-14-33(48)29(32)3)26-25-45(11)44(10)21-16-34-42(7,8)36(55-38(52)27-41(5,6)40(53)54)18-20-43(34,9)35(44)17-24-47(45,49)39(31)46/h12-14,19,23,28-30,32,34-36H,15-18,20-22,24-27,49H2,1-11H3,(H,50,51)(H,53,54)/b23-19+/t29?,30-,32?,34-,35+,36-,43-,44+,45-,46-,47?/m0/s1. The van der Waals surface area contributed by atoms with Gasteiger partial charge in [0.1, 0.15) is 6.10 Å². The highest BCUT2D eigenvalue weighted by atomic mass is 35.5. The Labute approximate surface area is 336 Å². The smallest absolute Gasteiger partial charge is 0.309 e. The summed E-state index contributed by atoms with van der Waals surface area (Å²) in [6, 6.07) is -0.0495. The number of nitrogens with two attached hydrogens (primary N) is 1. The minimum absolute atomic E-state index is 0.0106. The van der Waals surface area contributed by atoms with E-state index in [9.17, 15) is 19.5 Å². The van der Waals surface area contributed by atoms with E-state index in [-0.39, 0.29) is 63.4 Å². The molecule has 1 amide bonds. The summed E-state index contributed by atoms with van der Waals surface area (Å²) >= 11 is 6.47. The van der Waals surface area contributed by atoms with Crippen molar-refractivity contribution in [3.63, 3.8) is 0 Å². The number of carboxylic acid groups (broad SMARTS) is 1. The van der Waals surface area contributed by atoms with E-state index < -0.39 is 22.9 Å². The van der Waals surface area contributed by atoms with Crippen LogP contribution in [-0.4, -0.2) is 40.6 Å². The number of rotatable bonds is 9. The lowest BCUT2D eigenvalue weighted by Gasteiger charge is -2.74. The van der Waals surface area contributed by atoms with Gasteiger partial charge in [-0.2, -0.15) is 0 Å². The molecule has 0 aromatic heterocycles. The maximum Gasteiger partial charge on any atom is 0.309 e. The van der Waals surface area contributed by atoms with E-state index in [0.29, 0.717) is 17.8 Å². The van der Waals surface area contributed by atoms with Crippen molar-refractivity contribution in [2.75, 3.05) is 0 Å². The molecule has 4 saturated carbocycles. The monoisotopic (exact) mass is 779 g/mol. The molecule has 3 unspecified atom stereocenters. The van der Waals surface area contributed by atoms with E-state index in [1.807, 2.05) is 18.2 Å². The van der Waals surface area contributed by atoms with Crippen LogP contribution >= 0.6 is 11.6 Å². The van der Waals surface area contributed by atoms with E-state index in [2.05, 4.69) is 79.8 Å². The fourth-order valence-corrected chi connectivity index (χ4v) is 14.2. The van der Waals surface area contributed by atoms with Gasteiger partial charge in [-0.1, -0.05) is 90.8 Å². The Hall–Kier alpha value is -2.38. The number of nitrogens with one attached hydrogen (secondary N) is 1. The first-order valence-corrected chi connectivity index (χ1v) is 21.8. The largest absolute Gasteiger partial charge is 0.481 e. The zero-order valence-electron chi connectivity index (χ0n) is 35.7. The third-order valence-corrected chi connectivity index (χ3v) is 17.9. The van der Waals surface area contributed by atoms with E-state index in [1.54, 1.807) is 13.8 Å². The summed E-state index contributed by atoms with van der Waals surface area (Å²) < 4.78 is 6.19. The quantitative estimate of drug-likeness (QED) is 0.122. The van der Waals surface area contributed by atoms with E-state index >= 15 is 0 Å². The maximum absolute atomic E-state index is 13.6. The molecular formula is C47H71ClN2O5. The molecule has 4 fully saturated rings. The predicted molar refractivity (Wildman–Crippen MR) is 221 cm³/mol. The van der Waals surface area contributed by atoms with Gasteiger partial charge < -0.3 is 20.9 Å². The van der Waals surface area contributed by atoms with Crippen molar-refractivity contribution in [3.05, 3.63) is 46.6 Å². The molecule has 0 aliphatic heterocycles. The summed E-state index contributed by atoms with van der Waals surface area (Å²) in [7, 11) is 0. The molecule has 6 aliphatic carbocycles. The fourth-order valence-electron chi connectivity index (χ4n) is 13.9. The van der Waals surface area contributed by atoms with Crippen LogP contribution in [0.1, 0.15) is 147 Å². The van der Waals surface area contributed by atoms with Crippen LogP contribution in [-0.2, 0) is 19.1 Å². The van der Waals surface area contributed by atoms with Crippen LogP contribution in [0, 0.1) is 62.1 Å². The topological polar surface area (TPSA) is 119 Å². The number of hydrogen-bond donors (Lipinski definition) is 3. The summed E-state index contributed by atoms with van der Waals surface area (Å²) in [6.45, 7) is 24.2. The zero-order chi connectivity index (χ0) is 40.7. The van der Waals surface area contributed by atoms with Crippen molar-refractivity contribution in [1.82, 2.24) is 5.32 Å². The number of hydrogen-bond acceptors (Lipinski definition) is 5. The molecular weight excluding hydrogens is 708 g/mol. The van der Waals surface area contributed by atoms with Gasteiger partial charge in [0, 0.05) is 39.3 Å². The SMILES string of the molecule is CC(C)C1=C2C3(N)CC[C@@H]4[C@@]5(C)CC[C@H](OC(=O)CC(C)(C)C(=O)O)C(C)(C)[C@@H]5CC[C@@]4(C)[C@]3(C)CC[C@@]2(/C=C/C(=O)N[C@@H](C)C2C=CC=C(Cl)C2C)CC1. The molecule has 0 aromatic rings. The van der Waals surface area contributed by atoms with Gasteiger partial charge in [-0.15, -0.1) is 0 Å². The number of allylic oxidation sites excluding steroid dienone is 5. The minimum atomic E-state index is -1.16. The van der Waals surface area contributed by atoms with Gasteiger partial charge in [-0.3, -0.25) is 14.4 Å². The fraction of sp³-hybridized carbons (Fsp3) is 0.766. The Morgan fingerprint density at radius 1 is 1.00 bits per heavy atom. The Morgan fingerprint density at radius 2 is 1.67 bits per heavy atom. The molecule has 11 atom stereocenters. The number of ether oxygens (including phenoxy) is 1. The highest BCUT2D eigenvalue weighted by Crippen LogP contribution is 2.77. The molecule has 0 heterocycles. The van der Waals surface area contributed by atoms with Crippen molar-refractivity contribution in [1.29, 1.82) is 0 Å². The molecule has 0 aromatic carbocycles. The molecule has 4 N–H and O–H groups in total. The Morgan fingerprint density at radius 3 is 2.33 bits per heavy atom. The zero-order valence-corrected chi connectivity index (χ0v) is 36.5. The number of fused-ring (bicyclic) bond motifs is 7. The van der Waals surface area contributed by atoms with Crippen LogP contribution in [0.15, 0.2) is 46.6 Å². The Kier molecular flexibility index (Phi) is 10.9. The van der Waals surface area contributed by atoms with Gasteiger partial charge in [0.05, 0.1) is 11.8 Å². The second kappa shape index (κ2) is 14.2. The van der Waals surface area contributed by atoms with Gasteiger partial charge in [-0.25, -0.2) is 0 Å². The normalized spacial score (nSPS) is 41.5. The molecule has 0 bridgehead atoms. The summed E-state index contributed by atoms with van der Waals surface area (Å²) in [5.74, 6) is 0.0778. The third kappa shape index (κ3) is 6.52. The van der Waals surface area contributed by atoms with Crippen molar-refractivity contribution in [2.24, 2.45) is 67.8 Å². The van der Waals surface area contributed by atoms with Crippen molar-refractivity contribution in [3.8, 4) is 0 Å². The van der Waals surface area contributed by atoms with Crippen LogP contribution in [0.5, 0.6) is 0 Å². The van der Waals surface area contributed by atoms with Gasteiger partial charge >= 0.3 is 11.9 Å². The molecule has 7 nitrogen and oxygen atoms in total. The molecule has 306 valence electrons. The van der Waals surface area contributed by atoms with E-state index in [0.717, 1.165) is 69.2 Å². The number of halogens is 1. The molecule has 8 heteroatoms. The summed E-state index contributed by atoms with van der Waals surface area (Å²) in [5, 5.41) is 13.7. The highest BCUT2D eigenvalue weighted by Gasteiger charge is 2.73. The summed E-state index contributed by atoms with van der Waals surface area (Å²) in [4.78, 5) is 38.5. The third-order valence-electron chi connectivity index (χ3n) is 17.5. The second-order valence-corrected chi connectivity index (χ2v) is 21.7. The number of carbonyl (C=O) groups excluding carboxylic acids is 2. The van der Waals surface area contributed by atoms with Crippen LogP contribution in [0.4, 0.5) is 0 Å². The maximum atomic E-state index is 13.6. The number of carboxylic acids is 1. The first kappa shape index (κ1) is 42.2. The average molecular weight is 780 g/mol. The van der Waals surface area contributed by atoms with Crippen LogP contribution in [0.2, 0.25) is 0 Å². The van der Waals surface area contributed by atoms with Gasteiger partial charge in [0.2, 0.25) is 5.91 Å². The van der Waals surface area contributed by atoms with Crippen molar-refractivity contribution in [2.45, 2.75) is 164 Å². The van der Waals surface area contributed by atoms with E-state index in [4.69, 9.17) is 22.1 Å². The van der Waals surface area contributed by atoms with Gasteiger partial charge in [0.25, 0.3) is 0 Å². The highest BCUT2D eigenvalue weighted by molar-refractivity contribution is 6.30. The molecule has 0 spiro atoms. The number of carbonyl (C=O) groups is 3. The Bertz CT molecular complexity index is 1710. The van der Waals surface area contributed by atoms with Crippen molar-refractivity contribution >= 4 is 29.4 Å². The Balaban J connectivity index is 1.26. The number of esters is 1. The number of amides is 1. The molecule has 6 aliphatic rings. The van der Waals surface area contributed by atoms with E-state index in [1.165, 1.54) is 11.1 Å². The number of aliphatic carboxylic acids is 1. The average Bonchev–Trinajstić information content (AvgIpc) is 3.49. The molecule has 55 heavy (non-hydrogen) atoms. The summed E-state index contributed by atoms with van der Waals surface area (Å²) in [5.41, 5.74) is 8.88. The minimum Gasteiger partial charge on any atom is -0.481 e. The molecule has 0 saturated heterocycles. The van der Waals surface area contributed by atoms with Crippen LogP contribution in [0.3, 0.4) is 0 Å². The molecule has 0 radical (unpaired) electrons. The first-order chi connectivity index (χ1) is 25.4. The van der Waals surface area contributed by atoms with Crippen LogP contribution in [0.25, 0.3) is 0 Å². The predicted octanol–water partition coefficient (Wildman–Crippen LogP) is 10.3. The van der Waals surface area contributed by atoms with Gasteiger partial charge in [0.15, 0.2) is 0 Å². The first-order valence-electron chi connectivity index (χ1n) is 21.4.